The van der Waals surface area contributed by atoms with Crippen molar-refractivity contribution in [2.24, 2.45) is 0 Å². The van der Waals surface area contributed by atoms with Crippen molar-refractivity contribution >= 4 is 51.7 Å². The highest BCUT2D eigenvalue weighted by Gasteiger charge is 2.32. The van der Waals surface area contributed by atoms with Crippen LogP contribution in [0.5, 0.6) is 5.75 Å². The Hall–Kier alpha value is -3.25. The van der Waals surface area contributed by atoms with Crippen LogP contribution in [0.15, 0.2) is 58.4 Å². The summed E-state index contributed by atoms with van der Waals surface area (Å²) in [4.78, 5) is 32.9. The molecule has 2 aromatic heterocycles. The number of aromatic nitrogens is 2. The molecule has 4 rings (SSSR count). The second-order valence-corrected chi connectivity index (χ2v) is 9.16. The summed E-state index contributed by atoms with van der Waals surface area (Å²) in [5.41, 5.74) is 1.32. The van der Waals surface area contributed by atoms with Crippen molar-refractivity contribution in [2.75, 3.05) is 38.8 Å². The predicted octanol–water partition coefficient (Wildman–Crippen LogP) is 2.53. The maximum atomic E-state index is 13.3. The number of nitrogens with zero attached hydrogens (tertiary/aromatic N) is 3. The lowest BCUT2D eigenvalue weighted by molar-refractivity contribution is -0.122. The van der Waals surface area contributed by atoms with Crippen LogP contribution >= 0.6 is 24.0 Å². The van der Waals surface area contributed by atoms with Crippen LogP contribution in [-0.4, -0.2) is 63.1 Å². The molecule has 1 fully saturated rings. The molecular weight excluding hydrogens is 488 g/mol. The van der Waals surface area contributed by atoms with Crippen LogP contribution in [0.25, 0.3) is 11.7 Å². The number of thiocarbonyl (C=S) groups is 1. The fourth-order valence-electron chi connectivity index (χ4n) is 3.46. The second kappa shape index (κ2) is 11.5. The maximum absolute atomic E-state index is 13.3. The number of aliphatic hydroxyl groups is 1. The lowest BCUT2D eigenvalue weighted by atomic mass is 10.2. The average Bonchev–Trinajstić information content (AvgIpc) is 3.13. The Morgan fingerprint density at radius 2 is 1.97 bits per heavy atom. The maximum Gasteiger partial charge on any atom is 0.267 e. The summed E-state index contributed by atoms with van der Waals surface area (Å²) >= 11 is 6.61. The molecule has 9 nitrogen and oxygen atoms in total. The third-order valence-corrected chi connectivity index (χ3v) is 6.57. The highest BCUT2D eigenvalue weighted by atomic mass is 32.2. The Morgan fingerprint density at radius 1 is 1.17 bits per heavy atom. The van der Waals surface area contributed by atoms with Gasteiger partial charge >= 0.3 is 0 Å². The number of hydrogen-bond acceptors (Lipinski definition) is 9. The smallest absolute Gasteiger partial charge is 0.267 e. The zero-order valence-corrected chi connectivity index (χ0v) is 20.6. The number of aliphatic hydroxyl groups excluding tert-OH is 1. The predicted molar refractivity (Wildman–Crippen MR) is 140 cm³/mol. The molecule has 2 N–H and O–H groups in total. The molecule has 0 saturated carbocycles. The van der Waals surface area contributed by atoms with Gasteiger partial charge in [-0.3, -0.25) is 18.9 Å². The van der Waals surface area contributed by atoms with Gasteiger partial charge in [-0.1, -0.05) is 42.2 Å². The summed E-state index contributed by atoms with van der Waals surface area (Å²) in [5, 5.41) is 12.0. The van der Waals surface area contributed by atoms with Gasteiger partial charge in [0.1, 0.15) is 21.5 Å². The molecule has 0 bridgehead atoms. The minimum atomic E-state index is -0.310. The molecule has 1 aromatic carbocycles. The van der Waals surface area contributed by atoms with Crippen molar-refractivity contribution in [3.05, 3.63) is 75.0 Å². The molecule has 0 radical (unpaired) electrons. The van der Waals surface area contributed by atoms with Crippen molar-refractivity contribution in [3.63, 3.8) is 0 Å². The molecule has 1 amide bonds. The van der Waals surface area contributed by atoms with Gasteiger partial charge in [-0.15, -0.1) is 0 Å². The topological polar surface area (TPSA) is 105 Å². The Morgan fingerprint density at radius 3 is 2.71 bits per heavy atom. The molecule has 0 unspecified atom stereocenters. The number of rotatable bonds is 10. The van der Waals surface area contributed by atoms with Crippen molar-refractivity contribution < 1.29 is 19.4 Å². The number of thioether (sulfide) groups is 1. The van der Waals surface area contributed by atoms with E-state index in [0.29, 0.717) is 40.4 Å². The monoisotopic (exact) mass is 512 g/mol. The van der Waals surface area contributed by atoms with E-state index < -0.39 is 0 Å². The van der Waals surface area contributed by atoms with E-state index in [-0.39, 0.29) is 30.2 Å². The molecule has 0 aliphatic carbocycles. The summed E-state index contributed by atoms with van der Waals surface area (Å²) in [5.74, 6) is 0.796. The van der Waals surface area contributed by atoms with E-state index in [1.165, 1.54) is 9.30 Å². The van der Waals surface area contributed by atoms with Crippen LogP contribution in [0.1, 0.15) is 11.1 Å². The van der Waals surface area contributed by atoms with E-state index in [4.69, 9.17) is 26.8 Å². The van der Waals surface area contributed by atoms with Crippen molar-refractivity contribution in [1.29, 1.82) is 0 Å². The zero-order valence-electron chi connectivity index (χ0n) is 19.0. The first-order valence-electron chi connectivity index (χ1n) is 10.8. The summed E-state index contributed by atoms with van der Waals surface area (Å²) < 4.78 is 12.3. The van der Waals surface area contributed by atoms with Gasteiger partial charge in [0.2, 0.25) is 0 Å². The number of fused-ring (bicyclic) bond motifs is 1. The second-order valence-electron chi connectivity index (χ2n) is 7.49. The molecule has 11 heteroatoms. The lowest BCUT2D eigenvalue weighted by Crippen LogP contribution is -2.27. The molecule has 3 aromatic rings. The Labute approximate surface area is 211 Å². The number of ether oxygens (including phenoxy) is 2. The first-order chi connectivity index (χ1) is 17.0. The standard InChI is InChI=1S/C24H24N4O5S2/c1-32-17-7-5-16(6-8-17)15-28-23(31)19(35-24(28)34)14-18-21(25-9-12-33-13-11-29)26-20-4-2-3-10-27(20)22(18)30/h2-8,10,14,25,29H,9,11-13,15H2,1H3/b19-14-. The first kappa shape index (κ1) is 24.9. The van der Waals surface area contributed by atoms with E-state index in [1.54, 1.807) is 37.6 Å². The van der Waals surface area contributed by atoms with Gasteiger partial charge in [-0.2, -0.15) is 0 Å². The van der Waals surface area contributed by atoms with Crippen LogP contribution in [0.4, 0.5) is 5.82 Å². The Bertz CT molecular complexity index is 1320. The van der Waals surface area contributed by atoms with Crippen molar-refractivity contribution in [2.45, 2.75) is 6.54 Å². The average molecular weight is 513 g/mol. The van der Waals surface area contributed by atoms with Gasteiger partial charge in [0.25, 0.3) is 11.5 Å². The highest BCUT2D eigenvalue weighted by Crippen LogP contribution is 2.34. The number of nitrogens with one attached hydrogen (secondary N) is 1. The fraction of sp³-hybridized carbons (Fsp3) is 0.250. The quantitative estimate of drug-likeness (QED) is 0.241. The summed E-state index contributed by atoms with van der Waals surface area (Å²) in [7, 11) is 1.59. The lowest BCUT2D eigenvalue weighted by Gasteiger charge is -2.14. The molecule has 182 valence electrons. The third kappa shape index (κ3) is 5.70. The normalized spacial score (nSPS) is 14.8. The number of pyridine rings is 1. The van der Waals surface area contributed by atoms with E-state index >= 15 is 0 Å². The van der Waals surface area contributed by atoms with Gasteiger partial charge in [0, 0.05) is 12.7 Å². The SMILES string of the molecule is COc1ccc(CN2C(=O)/C(=C/c3c(NCCOCCO)nc4ccccn4c3=O)SC2=S)cc1. The largest absolute Gasteiger partial charge is 0.497 e. The van der Waals surface area contributed by atoms with E-state index in [9.17, 15) is 9.59 Å². The van der Waals surface area contributed by atoms with Crippen LogP contribution in [-0.2, 0) is 16.1 Å². The van der Waals surface area contributed by atoms with Crippen LogP contribution < -0.4 is 15.6 Å². The zero-order chi connectivity index (χ0) is 24.8. The van der Waals surface area contributed by atoms with Crippen molar-refractivity contribution in [1.82, 2.24) is 14.3 Å². The summed E-state index contributed by atoms with van der Waals surface area (Å²) in [6.45, 7) is 1.15. The number of methoxy groups -OCH3 is 1. The molecule has 3 heterocycles. The third-order valence-electron chi connectivity index (χ3n) is 5.19. The van der Waals surface area contributed by atoms with E-state index in [0.717, 1.165) is 23.1 Å². The van der Waals surface area contributed by atoms with E-state index in [1.807, 2.05) is 24.3 Å². The Balaban J connectivity index is 1.62. The number of hydrogen-bond donors (Lipinski definition) is 2. The molecule has 1 aliphatic heterocycles. The number of carbonyl (C=O) groups is 1. The van der Waals surface area contributed by atoms with Crippen LogP contribution in [0, 0.1) is 0 Å². The molecule has 1 aliphatic rings. The Kier molecular flexibility index (Phi) is 8.13. The highest BCUT2D eigenvalue weighted by molar-refractivity contribution is 8.26. The summed E-state index contributed by atoms with van der Waals surface area (Å²) in [6.07, 6.45) is 3.17. The van der Waals surface area contributed by atoms with Crippen LogP contribution in [0.3, 0.4) is 0 Å². The van der Waals surface area contributed by atoms with Crippen molar-refractivity contribution in [3.8, 4) is 5.75 Å². The van der Waals surface area contributed by atoms with Crippen LogP contribution in [0.2, 0.25) is 0 Å². The minimum absolute atomic E-state index is 0.0702. The number of benzene rings is 1. The molecule has 0 spiro atoms. The molecule has 35 heavy (non-hydrogen) atoms. The first-order valence-corrected chi connectivity index (χ1v) is 12.1. The molecular formula is C24H24N4O5S2. The molecule has 0 atom stereocenters. The van der Waals surface area contributed by atoms with Gasteiger partial charge in [-0.05, 0) is 35.9 Å². The fourth-order valence-corrected chi connectivity index (χ4v) is 4.69. The minimum Gasteiger partial charge on any atom is -0.497 e. The number of carbonyl (C=O) groups excluding carboxylic acids is 1. The molecule has 1 saturated heterocycles. The number of amides is 1. The van der Waals surface area contributed by atoms with Gasteiger partial charge < -0.3 is 19.9 Å². The number of anilines is 1. The van der Waals surface area contributed by atoms with Gasteiger partial charge in [0.05, 0.1) is 43.9 Å². The summed E-state index contributed by atoms with van der Waals surface area (Å²) in [6, 6.07) is 12.7. The van der Waals surface area contributed by atoms with E-state index in [2.05, 4.69) is 10.3 Å². The van der Waals surface area contributed by atoms with Gasteiger partial charge in [0.15, 0.2) is 0 Å². The van der Waals surface area contributed by atoms with Gasteiger partial charge in [-0.25, -0.2) is 4.98 Å².